The molecule has 2 aromatic carbocycles. The number of amides is 1. The van der Waals surface area contributed by atoms with E-state index in [1.54, 1.807) is 22.7 Å². The zero-order valence-electron chi connectivity index (χ0n) is 15.6. The molecule has 0 unspecified atom stereocenters. The van der Waals surface area contributed by atoms with E-state index in [4.69, 9.17) is 4.98 Å². The van der Waals surface area contributed by atoms with E-state index in [-0.39, 0.29) is 5.91 Å². The van der Waals surface area contributed by atoms with Gasteiger partial charge in [-0.25, -0.2) is 4.98 Å². The van der Waals surface area contributed by atoms with Crippen LogP contribution in [0.3, 0.4) is 0 Å². The van der Waals surface area contributed by atoms with Crippen LogP contribution in [0.5, 0.6) is 0 Å². The minimum atomic E-state index is -0.0425. The number of hydrogen-bond acceptors (Lipinski definition) is 4. The molecule has 1 amide bonds. The number of anilines is 1. The van der Waals surface area contributed by atoms with E-state index in [0.29, 0.717) is 0 Å². The predicted molar refractivity (Wildman–Crippen MR) is 119 cm³/mol. The number of aryl methyl sites for hydroxylation is 2. The number of nitrogens with zero attached hydrogens (tertiary/aromatic N) is 1. The summed E-state index contributed by atoms with van der Waals surface area (Å²) in [6, 6.07) is 16.0. The van der Waals surface area contributed by atoms with Crippen LogP contribution < -0.4 is 5.32 Å². The van der Waals surface area contributed by atoms with Gasteiger partial charge in [-0.1, -0.05) is 30.3 Å². The molecule has 0 aliphatic heterocycles. The molecule has 0 fully saturated rings. The molecule has 140 valence electrons. The van der Waals surface area contributed by atoms with Gasteiger partial charge in [0.05, 0.1) is 10.2 Å². The van der Waals surface area contributed by atoms with Crippen LogP contribution in [0.15, 0.2) is 48.5 Å². The maximum absolute atomic E-state index is 13.0. The number of thiophene rings is 1. The van der Waals surface area contributed by atoms with Gasteiger partial charge in [-0.05, 0) is 61.9 Å². The molecule has 1 aliphatic rings. The van der Waals surface area contributed by atoms with Crippen molar-refractivity contribution in [3.05, 3.63) is 70.1 Å². The number of nitrogens with one attached hydrogen (secondary N) is 1. The standard InChI is InChI=1S/C23H20N2OS2/c1-14-8-2-3-9-15(14)21(26)25-23-20(16-10-4-6-12-18(16)27-23)22-24-17-11-5-7-13-19(17)28-22/h2-3,5,7-9,11,13H,4,6,10,12H2,1H3,(H,25,26). The lowest BCUT2D eigenvalue weighted by atomic mass is 9.95. The molecular weight excluding hydrogens is 384 g/mol. The lowest BCUT2D eigenvalue weighted by Crippen LogP contribution is -2.13. The number of rotatable bonds is 3. The largest absolute Gasteiger partial charge is 0.313 e. The first kappa shape index (κ1) is 17.6. The topological polar surface area (TPSA) is 42.0 Å². The maximum atomic E-state index is 13.0. The molecule has 2 heterocycles. The highest BCUT2D eigenvalue weighted by Crippen LogP contribution is 2.46. The third kappa shape index (κ3) is 3.05. The number of carbonyl (C=O) groups is 1. The number of para-hydroxylation sites is 1. The Morgan fingerprint density at radius 2 is 1.79 bits per heavy atom. The van der Waals surface area contributed by atoms with Crippen LogP contribution in [0, 0.1) is 6.92 Å². The summed E-state index contributed by atoms with van der Waals surface area (Å²) < 4.78 is 1.18. The Bertz CT molecular complexity index is 1160. The van der Waals surface area contributed by atoms with Crippen LogP contribution >= 0.6 is 22.7 Å². The van der Waals surface area contributed by atoms with Crippen molar-refractivity contribution in [3.8, 4) is 10.6 Å². The summed E-state index contributed by atoms with van der Waals surface area (Å²) in [5, 5.41) is 5.17. The Morgan fingerprint density at radius 3 is 2.64 bits per heavy atom. The van der Waals surface area contributed by atoms with Crippen LogP contribution in [0.2, 0.25) is 0 Å². The minimum Gasteiger partial charge on any atom is -0.313 e. The highest BCUT2D eigenvalue weighted by atomic mass is 32.1. The Hall–Kier alpha value is -2.50. The zero-order chi connectivity index (χ0) is 19.1. The molecule has 2 aromatic heterocycles. The van der Waals surface area contributed by atoms with Crippen LogP contribution in [-0.2, 0) is 12.8 Å². The highest BCUT2D eigenvalue weighted by Gasteiger charge is 2.25. The molecule has 1 N–H and O–H groups in total. The average molecular weight is 405 g/mol. The molecule has 5 heteroatoms. The summed E-state index contributed by atoms with van der Waals surface area (Å²) in [5.74, 6) is -0.0425. The smallest absolute Gasteiger partial charge is 0.256 e. The first-order valence-electron chi connectivity index (χ1n) is 9.58. The fourth-order valence-electron chi connectivity index (χ4n) is 3.86. The lowest BCUT2D eigenvalue weighted by molar-refractivity contribution is 0.102. The van der Waals surface area contributed by atoms with Gasteiger partial charge in [0.1, 0.15) is 10.0 Å². The maximum Gasteiger partial charge on any atom is 0.256 e. The van der Waals surface area contributed by atoms with Crippen molar-refractivity contribution in [2.45, 2.75) is 32.6 Å². The first-order chi connectivity index (χ1) is 13.7. The van der Waals surface area contributed by atoms with Crippen molar-refractivity contribution in [2.24, 2.45) is 0 Å². The monoisotopic (exact) mass is 404 g/mol. The second-order valence-corrected chi connectivity index (χ2v) is 9.31. The molecule has 28 heavy (non-hydrogen) atoms. The van der Waals surface area contributed by atoms with E-state index < -0.39 is 0 Å². The van der Waals surface area contributed by atoms with Crippen molar-refractivity contribution in [2.75, 3.05) is 5.32 Å². The van der Waals surface area contributed by atoms with Gasteiger partial charge in [-0.2, -0.15) is 0 Å². The van der Waals surface area contributed by atoms with Crippen molar-refractivity contribution in [1.82, 2.24) is 4.98 Å². The molecule has 0 bridgehead atoms. The molecule has 0 saturated heterocycles. The molecule has 4 aromatic rings. The highest BCUT2D eigenvalue weighted by molar-refractivity contribution is 7.23. The molecule has 5 rings (SSSR count). The van der Waals surface area contributed by atoms with Crippen molar-refractivity contribution >= 4 is 43.8 Å². The van der Waals surface area contributed by atoms with Crippen LogP contribution in [-0.4, -0.2) is 10.9 Å². The number of thiazole rings is 1. The fourth-order valence-corrected chi connectivity index (χ4v) is 6.25. The van der Waals surface area contributed by atoms with E-state index in [0.717, 1.165) is 45.1 Å². The van der Waals surface area contributed by atoms with Crippen LogP contribution in [0.4, 0.5) is 5.00 Å². The van der Waals surface area contributed by atoms with Gasteiger partial charge >= 0.3 is 0 Å². The molecule has 0 radical (unpaired) electrons. The van der Waals surface area contributed by atoms with E-state index in [1.165, 1.54) is 28.0 Å². The molecular formula is C23H20N2OS2. The van der Waals surface area contributed by atoms with Gasteiger partial charge in [0.25, 0.3) is 5.91 Å². The summed E-state index contributed by atoms with van der Waals surface area (Å²) >= 11 is 3.44. The van der Waals surface area contributed by atoms with E-state index in [1.807, 2.05) is 43.3 Å². The van der Waals surface area contributed by atoms with Gasteiger partial charge in [0.15, 0.2) is 0 Å². The molecule has 3 nitrogen and oxygen atoms in total. The summed E-state index contributed by atoms with van der Waals surface area (Å²) in [5.41, 5.74) is 5.26. The predicted octanol–water partition coefficient (Wildman–Crippen LogP) is 6.46. The summed E-state index contributed by atoms with van der Waals surface area (Å²) in [4.78, 5) is 19.3. The quantitative estimate of drug-likeness (QED) is 0.425. The van der Waals surface area contributed by atoms with Gasteiger partial charge in [0, 0.05) is 16.0 Å². The van der Waals surface area contributed by atoms with Gasteiger partial charge in [0.2, 0.25) is 0 Å². The Kier molecular flexibility index (Phi) is 4.49. The van der Waals surface area contributed by atoms with Crippen LogP contribution in [0.1, 0.15) is 39.2 Å². The Morgan fingerprint density at radius 1 is 1.00 bits per heavy atom. The normalized spacial score (nSPS) is 13.5. The molecule has 0 atom stereocenters. The van der Waals surface area contributed by atoms with E-state index in [9.17, 15) is 4.79 Å². The van der Waals surface area contributed by atoms with E-state index >= 15 is 0 Å². The Balaban J connectivity index is 1.61. The van der Waals surface area contributed by atoms with Crippen molar-refractivity contribution in [1.29, 1.82) is 0 Å². The fraction of sp³-hybridized carbons (Fsp3) is 0.217. The van der Waals surface area contributed by atoms with E-state index in [2.05, 4.69) is 17.4 Å². The first-order valence-corrected chi connectivity index (χ1v) is 11.2. The molecule has 1 aliphatic carbocycles. The third-order valence-electron chi connectivity index (χ3n) is 5.30. The number of benzene rings is 2. The third-order valence-corrected chi connectivity index (χ3v) is 7.56. The summed E-state index contributed by atoms with van der Waals surface area (Å²) in [6.07, 6.45) is 4.58. The number of fused-ring (bicyclic) bond motifs is 2. The SMILES string of the molecule is Cc1ccccc1C(=O)Nc1sc2c(c1-c1nc3ccccc3s1)CCCC2. The second kappa shape index (κ2) is 7.15. The van der Waals surface area contributed by atoms with Gasteiger partial charge in [-0.3, -0.25) is 4.79 Å². The average Bonchev–Trinajstić information content (AvgIpc) is 3.28. The number of carbonyl (C=O) groups excluding carboxylic acids is 1. The summed E-state index contributed by atoms with van der Waals surface area (Å²) in [6.45, 7) is 1.98. The van der Waals surface area contributed by atoms with Crippen LogP contribution in [0.25, 0.3) is 20.8 Å². The Labute approximate surface area is 172 Å². The number of hydrogen-bond donors (Lipinski definition) is 1. The summed E-state index contributed by atoms with van der Waals surface area (Å²) in [7, 11) is 0. The van der Waals surface area contributed by atoms with Crippen molar-refractivity contribution in [3.63, 3.8) is 0 Å². The molecule has 0 spiro atoms. The zero-order valence-corrected chi connectivity index (χ0v) is 17.3. The van der Waals surface area contributed by atoms with Gasteiger partial charge in [-0.15, -0.1) is 22.7 Å². The minimum absolute atomic E-state index is 0.0425. The van der Waals surface area contributed by atoms with Gasteiger partial charge < -0.3 is 5.32 Å². The number of aromatic nitrogens is 1. The van der Waals surface area contributed by atoms with Crippen molar-refractivity contribution < 1.29 is 4.79 Å². The lowest BCUT2D eigenvalue weighted by Gasteiger charge is -2.12. The second-order valence-electron chi connectivity index (χ2n) is 7.17. The molecule has 0 saturated carbocycles.